The number of aryl methyl sites for hydroxylation is 1. The molecule has 1 heterocycles. The fraction of sp³-hybridized carbons (Fsp3) is 0.600. The Kier molecular flexibility index (Phi) is 5.03. The molecule has 1 saturated heterocycles. The Morgan fingerprint density at radius 2 is 1.90 bits per heavy atom. The van der Waals surface area contributed by atoms with Gasteiger partial charge in [0.2, 0.25) is 10.0 Å². The first-order valence-corrected chi connectivity index (χ1v) is 8.75. The monoisotopic (exact) mass is 313 g/mol. The second kappa shape index (κ2) is 6.44. The van der Waals surface area contributed by atoms with Gasteiger partial charge in [-0.15, -0.1) is 0 Å². The minimum Gasteiger partial charge on any atom is -0.395 e. The van der Waals surface area contributed by atoms with Crippen molar-refractivity contribution < 1.29 is 18.6 Å². The molecule has 1 fully saturated rings. The molecule has 1 aliphatic rings. The van der Waals surface area contributed by atoms with Gasteiger partial charge in [0, 0.05) is 6.04 Å². The minimum atomic E-state index is -3.71. The van der Waals surface area contributed by atoms with Crippen molar-refractivity contribution in [3.8, 4) is 0 Å². The molecule has 6 heteroatoms. The van der Waals surface area contributed by atoms with Gasteiger partial charge in [0.1, 0.15) is 0 Å². The molecule has 0 amide bonds. The molecule has 1 aromatic rings. The quantitative estimate of drug-likeness (QED) is 0.858. The average Bonchev–Trinajstić information content (AvgIpc) is 2.91. The van der Waals surface area contributed by atoms with Crippen LogP contribution in [0.4, 0.5) is 0 Å². The fourth-order valence-corrected chi connectivity index (χ4v) is 4.79. The fourth-order valence-electron chi connectivity index (χ4n) is 2.90. The largest absolute Gasteiger partial charge is 0.395 e. The van der Waals surface area contributed by atoms with Gasteiger partial charge in [-0.3, -0.25) is 0 Å². The molecular formula is C15H23NO4S. The third-order valence-electron chi connectivity index (χ3n) is 4.15. The van der Waals surface area contributed by atoms with Gasteiger partial charge in [-0.1, -0.05) is 24.6 Å². The van der Waals surface area contributed by atoms with Crippen LogP contribution < -0.4 is 0 Å². The van der Waals surface area contributed by atoms with Crippen LogP contribution in [0.2, 0.25) is 0 Å². The smallest absolute Gasteiger partial charge is 0.243 e. The SMILES string of the molecule is CCC(O)C1CCC(CO)N1S(=O)(=O)c1ccc(C)cc1. The van der Waals surface area contributed by atoms with Crippen molar-refractivity contribution in [2.45, 2.75) is 56.2 Å². The zero-order valence-electron chi connectivity index (χ0n) is 12.4. The lowest BCUT2D eigenvalue weighted by atomic mass is 10.1. The standard InChI is InChI=1S/C15H23NO4S/c1-3-15(18)14-9-6-12(10-17)16(14)21(19,20)13-7-4-11(2)5-8-13/h4-5,7-8,12,14-15,17-18H,3,6,9-10H2,1-2H3. The molecule has 0 radical (unpaired) electrons. The Morgan fingerprint density at radius 3 is 2.43 bits per heavy atom. The highest BCUT2D eigenvalue weighted by atomic mass is 32.2. The van der Waals surface area contributed by atoms with E-state index in [4.69, 9.17) is 0 Å². The van der Waals surface area contributed by atoms with Gasteiger partial charge in [0.05, 0.1) is 23.6 Å². The number of nitrogens with zero attached hydrogens (tertiary/aromatic N) is 1. The summed E-state index contributed by atoms with van der Waals surface area (Å²) in [6, 6.07) is 5.74. The van der Waals surface area contributed by atoms with E-state index in [0.29, 0.717) is 19.3 Å². The normalized spacial score (nSPS) is 25.1. The Balaban J connectivity index is 2.40. The topological polar surface area (TPSA) is 77.8 Å². The summed E-state index contributed by atoms with van der Waals surface area (Å²) in [6.07, 6.45) is 0.930. The zero-order valence-corrected chi connectivity index (χ0v) is 13.3. The van der Waals surface area contributed by atoms with Gasteiger partial charge in [0.15, 0.2) is 0 Å². The van der Waals surface area contributed by atoms with Gasteiger partial charge in [-0.05, 0) is 38.3 Å². The van der Waals surface area contributed by atoms with Crippen molar-refractivity contribution in [1.29, 1.82) is 0 Å². The van der Waals surface area contributed by atoms with E-state index in [-0.39, 0.29) is 11.5 Å². The van der Waals surface area contributed by atoms with E-state index in [0.717, 1.165) is 5.56 Å². The van der Waals surface area contributed by atoms with Crippen molar-refractivity contribution >= 4 is 10.0 Å². The molecule has 21 heavy (non-hydrogen) atoms. The van der Waals surface area contributed by atoms with Crippen molar-refractivity contribution in [2.75, 3.05) is 6.61 Å². The number of sulfonamides is 1. The van der Waals surface area contributed by atoms with Gasteiger partial charge >= 0.3 is 0 Å². The predicted octanol–water partition coefficient (Wildman–Crippen LogP) is 1.28. The van der Waals surface area contributed by atoms with Crippen LogP contribution in [0.25, 0.3) is 0 Å². The van der Waals surface area contributed by atoms with Crippen LogP contribution >= 0.6 is 0 Å². The molecule has 1 aliphatic heterocycles. The summed E-state index contributed by atoms with van der Waals surface area (Å²) < 4.78 is 27.0. The zero-order chi connectivity index (χ0) is 15.6. The lowest BCUT2D eigenvalue weighted by Crippen LogP contribution is -2.47. The molecule has 2 N–H and O–H groups in total. The average molecular weight is 313 g/mol. The molecule has 3 unspecified atom stereocenters. The summed E-state index contributed by atoms with van der Waals surface area (Å²) >= 11 is 0. The first-order valence-electron chi connectivity index (χ1n) is 7.31. The molecule has 0 saturated carbocycles. The van der Waals surface area contributed by atoms with Gasteiger partial charge in [-0.2, -0.15) is 4.31 Å². The second-order valence-electron chi connectivity index (χ2n) is 5.60. The Labute approximate surface area is 126 Å². The van der Waals surface area contributed by atoms with Crippen LogP contribution in [0.3, 0.4) is 0 Å². The number of rotatable bonds is 5. The minimum absolute atomic E-state index is 0.210. The summed E-state index contributed by atoms with van der Waals surface area (Å²) in [5.74, 6) is 0. The highest BCUT2D eigenvalue weighted by Crippen LogP contribution is 2.33. The van der Waals surface area contributed by atoms with Crippen molar-refractivity contribution in [2.24, 2.45) is 0 Å². The molecule has 3 atom stereocenters. The van der Waals surface area contributed by atoms with E-state index in [1.807, 2.05) is 13.8 Å². The van der Waals surface area contributed by atoms with Crippen LogP contribution in [0.15, 0.2) is 29.2 Å². The molecule has 5 nitrogen and oxygen atoms in total. The summed E-state index contributed by atoms with van der Waals surface area (Å²) in [6.45, 7) is 3.50. The molecule has 0 bridgehead atoms. The molecule has 1 aromatic carbocycles. The lowest BCUT2D eigenvalue weighted by Gasteiger charge is -2.31. The van der Waals surface area contributed by atoms with Crippen LogP contribution in [-0.2, 0) is 10.0 Å². The first-order chi connectivity index (χ1) is 9.91. The number of benzene rings is 1. The summed E-state index contributed by atoms with van der Waals surface area (Å²) in [5, 5.41) is 19.6. The maximum atomic E-state index is 12.8. The van der Waals surface area contributed by atoms with Crippen molar-refractivity contribution in [3.05, 3.63) is 29.8 Å². The molecular weight excluding hydrogens is 290 g/mol. The third-order valence-corrected chi connectivity index (χ3v) is 6.14. The third kappa shape index (κ3) is 3.13. The highest BCUT2D eigenvalue weighted by Gasteiger charge is 2.44. The Bertz CT molecular complexity index is 570. The van der Waals surface area contributed by atoms with Gasteiger partial charge < -0.3 is 10.2 Å². The number of hydrogen-bond acceptors (Lipinski definition) is 4. The van der Waals surface area contributed by atoms with Crippen molar-refractivity contribution in [1.82, 2.24) is 4.31 Å². The maximum Gasteiger partial charge on any atom is 0.243 e. The van der Waals surface area contributed by atoms with E-state index < -0.39 is 28.2 Å². The second-order valence-corrected chi connectivity index (χ2v) is 7.45. The molecule has 0 aromatic heterocycles. The Hall–Kier alpha value is -0.950. The summed E-state index contributed by atoms with van der Waals surface area (Å²) in [5.41, 5.74) is 0.985. The van der Waals surface area contributed by atoms with E-state index >= 15 is 0 Å². The highest BCUT2D eigenvalue weighted by molar-refractivity contribution is 7.89. The van der Waals surface area contributed by atoms with E-state index in [1.165, 1.54) is 4.31 Å². The molecule has 0 spiro atoms. The van der Waals surface area contributed by atoms with Crippen molar-refractivity contribution in [3.63, 3.8) is 0 Å². The molecule has 0 aliphatic carbocycles. The summed E-state index contributed by atoms with van der Waals surface area (Å²) in [4.78, 5) is 0.210. The number of aliphatic hydroxyl groups excluding tert-OH is 2. The van der Waals surface area contributed by atoms with Gasteiger partial charge in [-0.25, -0.2) is 8.42 Å². The van der Waals surface area contributed by atoms with E-state index in [2.05, 4.69) is 0 Å². The lowest BCUT2D eigenvalue weighted by molar-refractivity contribution is 0.0859. The summed E-state index contributed by atoms with van der Waals surface area (Å²) in [7, 11) is -3.71. The number of hydrogen-bond donors (Lipinski definition) is 2. The Morgan fingerprint density at radius 1 is 1.29 bits per heavy atom. The van der Waals surface area contributed by atoms with Crippen LogP contribution in [0.5, 0.6) is 0 Å². The molecule has 118 valence electrons. The van der Waals surface area contributed by atoms with Crippen LogP contribution in [0.1, 0.15) is 31.7 Å². The van der Waals surface area contributed by atoms with Gasteiger partial charge in [0.25, 0.3) is 0 Å². The maximum absolute atomic E-state index is 12.8. The number of aliphatic hydroxyl groups is 2. The first kappa shape index (κ1) is 16.4. The van der Waals surface area contributed by atoms with Crippen LogP contribution in [-0.4, -0.2) is 47.7 Å². The van der Waals surface area contributed by atoms with Crippen LogP contribution in [0, 0.1) is 6.92 Å². The van der Waals surface area contributed by atoms with E-state index in [9.17, 15) is 18.6 Å². The van der Waals surface area contributed by atoms with E-state index in [1.54, 1.807) is 24.3 Å². The molecule has 2 rings (SSSR count). The predicted molar refractivity (Wildman–Crippen MR) is 80.4 cm³/mol.